The third-order valence-electron chi connectivity index (χ3n) is 1.91. The van der Waals surface area contributed by atoms with Crippen LogP contribution in [0.1, 0.15) is 44.6 Å². The minimum atomic E-state index is -0.265. The van der Waals surface area contributed by atoms with Gasteiger partial charge >= 0.3 is 0 Å². The molecular weight excluding hydrogens is 216 g/mol. The van der Waals surface area contributed by atoms with E-state index in [-0.39, 0.29) is 11.4 Å². The van der Waals surface area contributed by atoms with Crippen LogP contribution < -0.4 is 10.6 Å². The van der Waals surface area contributed by atoms with Crippen LogP contribution in [0.25, 0.3) is 0 Å². The summed E-state index contributed by atoms with van der Waals surface area (Å²) < 4.78 is 0. The van der Waals surface area contributed by atoms with Crippen LogP contribution in [0.2, 0.25) is 0 Å². The van der Waals surface area contributed by atoms with Gasteiger partial charge in [-0.05, 0) is 33.3 Å². The number of hydrogen-bond acceptors (Lipinski definition) is 4. The second-order valence-electron chi connectivity index (χ2n) is 4.90. The molecule has 0 aliphatic carbocycles. The average Bonchev–Trinajstić information content (AvgIpc) is 2.24. The summed E-state index contributed by atoms with van der Waals surface area (Å²) in [5.41, 5.74) is 0.118. The van der Waals surface area contributed by atoms with E-state index in [1.807, 2.05) is 20.8 Å². The van der Waals surface area contributed by atoms with Crippen molar-refractivity contribution in [2.75, 3.05) is 11.9 Å². The lowest BCUT2D eigenvalue weighted by Gasteiger charge is -2.20. The fourth-order valence-corrected chi connectivity index (χ4v) is 1.21. The zero-order valence-electron chi connectivity index (χ0n) is 10.9. The Hall–Kier alpha value is -1.65. The number of rotatable bonds is 4. The minimum absolute atomic E-state index is 0.181. The monoisotopic (exact) mass is 236 g/mol. The summed E-state index contributed by atoms with van der Waals surface area (Å²) in [4.78, 5) is 20.1. The van der Waals surface area contributed by atoms with Crippen molar-refractivity contribution in [3.8, 4) is 0 Å². The molecule has 1 heterocycles. The number of anilines is 1. The fraction of sp³-hybridized carbons (Fsp3) is 0.583. The van der Waals surface area contributed by atoms with Gasteiger partial charge in [0.25, 0.3) is 5.91 Å². The fourth-order valence-electron chi connectivity index (χ4n) is 1.21. The molecule has 1 rings (SSSR count). The van der Waals surface area contributed by atoms with Crippen molar-refractivity contribution in [1.82, 2.24) is 15.3 Å². The summed E-state index contributed by atoms with van der Waals surface area (Å²) >= 11 is 0. The molecule has 0 fully saturated rings. The lowest BCUT2D eigenvalue weighted by molar-refractivity contribution is 0.0914. The van der Waals surface area contributed by atoms with E-state index in [1.54, 1.807) is 12.3 Å². The van der Waals surface area contributed by atoms with Crippen molar-refractivity contribution in [3.63, 3.8) is 0 Å². The van der Waals surface area contributed by atoms with Crippen LogP contribution in [0, 0.1) is 0 Å². The molecule has 0 bridgehead atoms. The van der Waals surface area contributed by atoms with Gasteiger partial charge in [-0.3, -0.25) is 4.79 Å². The zero-order chi connectivity index (χ0) is 12.9. The number of nitrogens with zero attached hydrogens (tertiary/aromatic N) is 2. The van der Waals surface area contributed by atoms with Gasteiger partial charge in [0, 0.05) is 18.3 Å². The van der Waals surface area contributed by atoms with Crippen molar-refractivity contribution in [3.05, 3.63) is 18.0 Å². The molecule has 0 radical (unpaired) electrons. The molecule has 0 saturated carbocycles. The molecule has 0 aliphatic rings. The Morgan fingerprint density at radius 2 is 2.12 bits per heavy atom. The highest BCUT2D eigenvalue weighted by molar-refractivity contribution is 5.92. The molecule has 0 unspecified atom stereocenters. The highest BCUT2D eigenvalue weighted by Gasteiger charge is 2.16. The number of hydrogen-bond donors (Lipinski definition) is 2. The maximum absolute atomic E-state index is 11.9. The normalized spacial score (nSPS) is 11.1. The first kappa shape index (κ1) is 13.4. The van der Waals surface area contributed by atoms with Crippen LogP contribution >= 0.6 is 0 Å². The molecule has 0 aliphatic heterocycles. The molecule has 0 atom stereocenters. The highest BCUT2D eigenvalue weighted by Crippen LogP contribution is 2.04. The van der Waals surface area contributed by atoms with Gasteiger partial charge < -0.3 is 10.6 Å². The smallest absolute Gasteiger partial charge is 0.270 e. The van der Waals surface area contributed by atoms with Gasteiger partial charge in [-0.2, -0.15) is 0 Å². The van der Waals surface area contributed by atoms with Gasteiger partial charge in [0.1, 0.15) is 5.69 Å². The second kappa shape index (κ2) is 5.61. The van der Waals surface area contributed by atoms with E-state index < -0.39 is 0 Å². The van der Waals surface area contributed by atoms with Crippen LogP contribution in [0.15, 0.2) is 12.3 Å². The first-order valence-corrected chi connectivity index (χ1v) is 5.82. The summed E-state index contributed by atoms with van der Waals surface area (Å²) in [6, 6.07) is 1.61. The second-order valence-corrected chi connectivity index (χ2v) is 4.90. The largest absolute Gasteiger partial charge is 0.354 e. The summed E-state index contributed by atoms with van der Waals surface area (Å²) in [5.74, 6) is 0.313. The van der Waals surface area contributed by atoms with Crippen molar-refractivity contribution < 1.29 is 4.79 Å². The van der Waals surface area contributed by atoms with Gasteiger partial charge in [0.05, 0.1) is 0 Å². The van der Waals surface area contributed by atoms with Crippen LogP contribution in [-0.2, 0) is 0 Å². The van der Waals surface area contributed by atoms with E-state index in [2.05, 4.69) is 27.5 Å². The number of nitrogens with one attached hydrogen (secondary N) is 2. The molecule has 0 saturated heterocycles. The molecule has 2 N–H and O–H groups in total. The van der Waals surface area contributed by atoms with Gasteiger partial charge in [0.15, 0.2) is 0 Å². The van der Waals surface area contributed by atoms with E-state index in [1.165, 1.54) is 0 Å². The standard InChI is InChI=1S/C12H20N4O/c1-5-7-13-11-14-8-6-9(15-11)10(17)16-12(2,3)4/h6,8H,5,7H2,1-4H3,(H,16,17)(H,13,14,15). The van der Waals surface area contributed by atoms with E-state index >= 15 is 0 Å². The number of amides is 1. The van der Waals surface area contributed by atoms with Crippen molar-refractivity contribution >= 4 is 11.9 Å². The molecule has 5 heteroatoms. The van der Waals surface area contributed by atoms with Crippen molar-refractivity contribution in [2.45, 2.75) is 39.7 Å². The summed E-state index contributed by atoms with van der Waals surface area (Å²) in [6.45, 7) is 8.65. The van der Waals surface area contributed by atoms with Gasteiger partial charge in [-0.15, -0.1) is 0 Å². The molecule has 1 amide bonds. The quantitative estimate of drug-likeness (QED) is 0.837. The van der Waals surface area contributed by atoms with E-state index in [9.17, 15) is 4.79 Å². The maximum Gasteiger partial charge on any atom is 0.270 e. The van der Waals surface area contributed by atoms with Crippen molar-refractivity contribution in [1.29, 1.82) is 0 Å². The summed E-state index contributed by atoms with van der Waals surface area (Å²) in [5, 5.41) is 5.91. The molecule has 0 spiro atoms. The predicted octanol–water partition coefficient (Wildman–Crippen LogP) is 1.83. The number of carbonyl (C=O) groups excluding carboxylic acids is 1. The van der Waals surface area contributed by atoms with Crippen LogP contribution in [-0.4, -0.2) is 28.0 Å². The Morgan fingerprint density at radius 1 is 1.41 bits per heavy atom. The first-order chi connectivity index (χ1) is 7.92. The predicted molar refractivity (Wildman–Crippen MR) is 68.0 cm³/mol. The lowest BCUT2D eigenvalue weighted by Crippen LogP contribution is -2.41. The topological polar surface area (TPSA) is 66.9 Å². The third kappa shape index (κ3) is 4.80. The molecule has 0 aromatic carbocycles. The molecule has 94 valence electrons. The van der Waals surface area contributed by atoms with Crippen LogP contribution in [0.4, 0.5) is 5.95 Å². The summed E-state index contributed by atoms with van der Waals surface area (Å²) in [7, 11) is 0. The highest BCUT2D eigenvalue weighted by atomic mass is 16.2. The SMILES string of the molecule is CCCNc1nccc(C(=O)NC(C)(C)C)n1. The minimum Gasteiger partial charge on any atom is -0.354 e. The van der Waals surface area contributed by atoms with Gasteiger partial charge in [-0.25, -0.2) is 9.97 Å². The molecule has 1 aromatic heterocycles. The maximum atomic E-state index is 11.9. The van der Waals surface area contributed by atoms with Crippen LogP contribution in [0.3, 0.4) is 0 Å². The Bertz CT molecular complexity index is 384. The lowest BCUT2D eigenvalue weighted by atomic mass is 10.1. The molecule has 5 nitrogen and oxygen atoms in total. The van der Waals surface area contributed by atoms with Crippen LogP contribution in [0.5, 0.6) is 0 Å². The molecule has 1 aromatic rings. The molecular formula is C12H20N4O. The zero-order valence-corrected chi connectivity index (χ0v) is 10.9. The van der Waals surface area contributed by atoms with E-state index in [4.69, 9.17) is 0 Å². The first-order valence-electron chi connectivity index (χ1n) is 5.82. The van der Waals surface area contributed by atoms with Gasteiger partial charge in [-0.1, -0.05) is 6.92 Å². The Morgan fingerprint density at radius 3 is 2.71 bits per heavy atom. The average molecular weight is 236 g/mol. The Kier molecular flexibility index (Phi) is 4.43. The summed E-state index contributed by atoms with van der Waals surface area (Å²) in [6.07, 6.45) is 2.57. The van der Waals surface area contributed by atoms with E-state index in [0.29, 0.717) is 11.6 Å². The van der Waals surface area contributed by atoms with Gasteiger partial charge in [0.2, 0.25) is 5.95 Å². The third-order valence-corrected chi connectivity index (χ3v) is 1.91. The van der Waals surface area contributed by atoms with Crippen molar-refractivity contribution in [2.24, 2.45) is 0 Å². The Labute approximate surface area is 102 Å². The number of aromatic nitrogens is 2. The number of carbonyl (C=O) groups is 1. The Balaban J connectivity index is 2.74. The molecule has 17 heavy (non-hydrogen) atoms. The van der Waals surface area contributed by atoms with E-state index in [0.717, 1.165) is 13.0 Å².